The SMILES string of the molecule is CCCCCCCCCC/C=C\CCCCCCCCCCCCCCCCCCCCCCCCCCCCCC(=O)NC(CO)C(O)CCCCCCCCCCCCCCCCCCCCCCCCCCCCCCC. The highest BCUT2D eigenvalue weighted by atomic mass is 16.3. The van der Waals surface area contributed by atoms with Gasteiger partial charge in [-0.25, -0.2) is 0 Å². The van der Waals surface area contributed by atoms with Gasteiger partial charge in [0.15, 0.2) is 0 Å². The molecule has 0 rings (SSSR count). The molecule has 0 radical (unpaired) electrons. The fourth-order valence-electron chi connectivity index (χ4n) is 12.5. The summed E-state index contributed by atoms with van der Waals surface area (Å²) in [5.41, 5.74) is 0. The molecule has 0 spiro atoms. The summed E-state index contributed by atoms with van der Waals surface area (Å²) < 4.78 is 0. The third-order valence-electron chi connectivity index (χ3n) is 18.3. The van der Waals surface area contributed by atoms with Crippen LogP contribution in [0.25, 0.3) is 0 Å². The number of carbonyl (C=O) groups is 1. The second kappa shape index (κ2) is 72.4. The van der Waals surface area contributed by atoms with Crippen LogP contribution in [0.3, 0.4) is 0 Å². The average molecular weight is 1130 g/mol. The molecule has 0 aliphatic carbocycles. The lowest BCUT2D eigenvalue weighted by atomic mass is 10.0. The molecule has 0 fully saturated rings. The summed E-state index contributed by atoms with van der Waals surface area (Å²) in [6, 6.07) is -0.534. The second-order valence-corrected chi connectivity index (χ2v) is 26.4. The van der Waals surface area contributed by atoms with E-state index in [4.69, 9.17) is 0 Å². The first kappa shape index (κ1) is 79.1. The summed E-state index contributed by atoms with van der Waals surface area (Å²) in [4.78, 5) is 12.6. The van der Waals surface area contributed by atoms with E-state index in [0.29, 0.717) is 12.8 Å². The molecule has 0 aliphatic heterocycles. The molecule has 80 heavy (non-hydrogen) atoms. The van der Waals surface area contributed by atoms with Crippen LogP contribution >= 0.6 is 0 Å². The molecule has 0 saturated carbocycles. The highest BCUT2D eigenvalue weighted by molar-refractivity contribution is 5.76. The van der Waals surface area contributed by atoms with E-state index in [-0.39, 0.29) is 12.5 Å². The monoisotopic (exact) mass is 1130 g/mol. The van der Waals surface area contributed by atoms with Gasteiger partial charge in [-0.15, -0.1) is 0 Å². The van der Waals surface area contributed by atoms with Gasteiger partial charge in [0.1, 0.15) is 0 Å². The fourth-order valence-corrected chi connectivity index (χ4v) is 12.5. The predicted octanol–water partition coefficient (Wildman–Crippen LogP) is 25.9. The van der Waals surface area contributed by atoms with E-state index in [1.165, 1.54) is 398 Å². The van der Waals surface area contributed by atoms with Gasteiger partial charge in [0.05, 0.1) is 18.8 Å². The Morgan fingerprint density at radius 2 is 0.475 bits per heavy atom. The summed E-state index contributed by atoms with van der Waals surface area (Å²) in [6.45, 7) is 4.42. The van der Waals surface area contributed by atoms with Crippen LogP contribution < -0.4 is 5.32 Å². The number of hydrogen-bond acceptors (Lipinski definition) is 3. The van der Waals surface area contributed by atoms with E-state index in [1.807, 2.05) is 0 Å². The van der Waals surface area contributed by atoms with Crippen molar-refractivity contribution in [3.05, 3.63) is 12.2 Å². The molecule has 4 heteroatoms. The molecule has 0 aromatic rings. The maximum atomic E-state index is 12.6. The molecule has 1 amide bonds. The zero-order chi connectivity index (χ0) is 57.6. The van der Waals surface area contributed by atoms with Crippen LogP contribution in [0.1, 0.15) is 450 Å². The molecule has 2 atom stereocenters. The van der Waals surface area contributed by atoms with Crippen molar-refractivity contribution in [3.63, 3.8) is 0 Å². The molecular weight excluding hydrogens is 975 g/mol. The standard InChI is InChI=1S/C76H151NO3/c1-3-5-7-9-11-13-15-17-19-21-23-25-27-29-31-33-34-35-36-37-38-39-40-41-42-44-46-48-50-52-54-56-58-60-62-64-66-68-70-72-76(80)77-74(73-78)75(79)71-69-67-65-63-61-59-57-55-53-51-49-47-45-43-32-30-28-26-24-22-20-18-16-14-12-10-8-6-4-2/h21,23,74-75,78-79H,3-20,22,24-73H2,1-2H3,(H,77,80)/b23-21-. The molecule has 0 heterocycles. The van der Waals surface area contributed by atoms with Crippen LogP contribution in [-0.2, 0) is 4.79 Å². The maximum Gasteiger partial charge on any atom is 0.220 e. The number of unbranched alkanes of at least 4 members (excludes halogenated alkanes) is 63. The van der Waals surface area contributed by atoms with E-state index < -0.39 is 12.1 Å². The molecule has 0 saturated heterocycles. The normalized spacial score (nSPS) is 12.6. The van der Waals surface area contributed by atoms with Crippen molar-refractivity contribution >= 4 is 5.91 Å². The Labute approximate surface area is 505 Å². The molecule has 4 nitrogen and oxygen atoms in total. The van der Waals surface area contributed by atoms with E-state index in [9.17, 15) is 15.0 Å². The Bertz CT molecular complexity index is 1140. The summed E-state index contributed by atoms with van der Waals surface area (Å²) in [7, 11) is 0. The number of rotatable bonds is 72. The van der Waals surface area contributed by atoms with Crippen LogP contribution in [0, 0.1) is 0 Å². The number of allylic oxidation sites excluding steroid dienone is 2. The number of aliphatic hydroxyl groups is 2. The summed E-state index contributed by atoms with van der Waals surface area (Å²) in [5, 5.41) is 23.5. The number of nitrogens with one attached hydrogen (secondary N) is 1. The van der Waals surface area contributed by atoms with Crippen molar-refractivity contribution in [1.82, 2.24) is 5.32 Å². The van der Waals surface area contributed by atoms with Crippen LogP contribution in [0.15, 0.2) is 12.2 Å². The lowest BCUT2D eigenvalue weighted by molar-refractivity contribution is -0.123. The summed E-state index contributed by atoms with van der Waals surface area (Å²) in [5.74, 6) is -0.0193. The van der Waals surface area contributed by atoms with Gasteiger partial charge in [-0.3, -0.25) is 4.79 Å². The lowest BCUT2D eigenvalue weighted by Gasteiger charge is -2.22. The Morgan fingerprint density at radius 3 is 0.688 bits per heavy atom. The molecule has 0 aliphatic rings. The second-order valence-electron chi connectivity index (χ2n) is 26.4. The van der Waals surface area contributed by atoms with E-state index in [1.54, 1.807) is 0 Å². The molecule has 0 aromatic heterocycles. The van der Waals surface area contributed by atoms with Gasteiger partial charge >= 0.3 is 0 Å². The average Bonchev–Trinajstić information content (AvgIpc) is 3.46. The van der Waals surface area contributed by atoms with Crippen molar-refractivity contribution in [2.24, 2.45) is 0 Å². The summed E-state index contributed by atoms with van der Waals surface area (Å²) >= 11 is 0. The van der Waals surface area contributed by atoms with Gasteiger partial charge in [-0.1, -0.05) is 418 Å². The third-order valence-corrected chi connectivity index (χ3v) is 18.3. The molecule has 0 aromatic carbocycles. The minimum absolute atomic E-state index is 0.0193. The Hall–Kier alpha value is -0.870. The largest absolute Gasteiger partial charge is 0.394 e. The van der Waals surface area contributed by atoms with E-state index in [2.05, 4.69) is 31.3 Å². The minimum atomic E-state index is -0.658. The van der Waals surface area contributed by atoms with Crippen molar-refractivity contribution in [1.29, 1.82) is 0 Å². The zero-order valence-corrected chi connectivity index (χ0v) is 55.4. The van der Waals surface area contributed by atoms with Crippen LogP contribution in [0.2, 0.25) is 0 Å². The van der Waals surface area contributed by atoms with E-state index >= 15 is 0 Å². The molecule has 478 valence electrons. The number of hydrogen-bond donors (Lipinski definition) is 3. The van der Waals surface area contributed by atoms with Crippen molar-refractivity contribution in [3.8, 4) is 0 Å². The van der Waals surface area contributed by atoms with E-state index in [0.717, 1.165) is 25.7 Å². The van der Waals surface area contributed by atoms with Crippen LogP contribution in [-0.4, -0.2) is 34.9 Å². The van der Waals surface area contributed by atoms with Gasteiger partial charge in [-0.05, 0) is 38.5 Å². The van der Waals surface area contributed by atoms with Crippen molar-refractivity contribution in [2.45, 2.75) is 463 Å². The maximum absolute atomic E-state index is 12.6. The van der Waals surface area contributed by atoms with Crippen molar-refractivity contribution < 1.29 is 15.0 Å². The Balaban J connectivity index is 3.34. The fraction of sp³-hybridized carbons (Fsp3) is 0.961. The molecular formula is C76H151NO3. The van der Waals surface area contributed by atoms with Crippen molar-refractivity contribution in [2.75, 3.05) is 6.61 Å². The van der Waals surface area contributed by atoms with Gasteiger partial charge in [-0.2, -0.15) is 0 Å². The lowest BCUT2D eigenvalue weighted by Crippen LogP contribution is -2.45. The topological polar surface area (TPSA) is 69.6 Å². The van der Waals surface area contributed by atoms with Gasteiger partial charge in [0.2, 0.25) is 5.91 Å². The number of carbonyl (C=O) groups excluding carboxylic acids is 1. The Morgan fingerprint density at radius 1 is 0.287 bits per heavy atom. The number of amides is 1. The quantitative estimate of drug-likeness (QED) is 0.0420. The highest BCUT2D eigenvalue weighted by Gasteiger charge is 2.20. The van der Waals surface area contributed by atoms with Gasteiger partial charge in [0.25, 0.3) is 0 Å². The molecule has 3 N–H and O–H groups in total. The third kappa shape index (κ3) is 67.9. The Kier molecular flexibility index (Phi) is 71.6. The first-order valence-corrected chi connectivity index (χ1v) is 37.9. The first-order valence-electron chi connectivity index (χ1n) is 37.9. The predicted molar refractivity (Wildman–Crippen MR) is 359 cm³/mol. The van der Waals surface area contributed by atoms with Crippen LogP contribution in [0.5, 0.6) is 0 Å². The molecule has 2 unspecified atom stereocenters. The van der Waals surface area contributed by atoms with Gasteiger partial charge in [0, 0.05) is 6.42 Å². The van der Waals surface area contributed by atoms with Gasteiger partial charge < -0.3 is 15.5 Å². The summed E-state index contributed by atoms with van der Waals surface area (Å²) in [6.07, 6.45) is 97.4. The minimum Gasteiger partial charge on any atom is -0.394 e. The van der Waals surface area contributed by atoms with Crippen LogP contribution in [0.4, 0.5) is 0 Å². The smallest absolute Gasteiger partial charge is 0.220 e. The zero-order valence-electron chi connectivity index (χ0n) is 55.4. The first-order chi connectivity index (χ1) is 39.7. The molecule has 0 bridgehead atoms. The highest BCUT2D eigenvalue weighted by Crippen LogP contribution is 2.20. The number of aliphatic hydroxyl groups excluding tert-OH is 2.